The highest BCUT2D eigenvalue weighted by atomic mass is 16.3. The molecule has 1 aliphatic rings. The molecule has 2 N–H and O–H groups in total. The Morgan fingerprint density at radius 1 is 1.73 bits per heavy atom. The first-order valence-corrected chi connectivity index (χ1v) is 3.81. The van der Waals surface area contributed by atoms with E-state index < -0.39 is 0 Å². The number of aliphatic hydroxyl groups is 1. The highest BCUT2D eigenvalue weighted by molar-refractivity contribution is 5.36. The normalized spacial score (nSPS) is 15.7. The van der Waals surface area contributed by atoms with E-state index in [1.165, 1.54) is 0 Å². The maximum atomic E-state index is 8.87. The van der Waals surface area contributed by atoms with Crippen molar-refractivity contribution in [2.24, 2.45) is 0 Å². The van der Waals surface area contributed by atoms with Crippen LogP contribution in [0.4, 0.5) is 5.82 Å². The fourth-order valence-electron chi connectivity index (χ4n) is 1.38. The largest absolute Gasteiger partial charge is 0.388 e. The molecule has 4 nitrogen and oxygen atoms in total. The van der Waals surface area contributed by atoms with Gasteiger partial charge in [-0.3, -0.25) is 0 Å². The third-order valence-corrected chi connectivity index (χ3v) is 1.94. The van der Waals surface area contributed by atoms with Crippen molar-refractivity contribution in [1.82, 2.24) is 9.55 Å². The quantitative estimate of drug-likeness (QED) is 0.605. The van der Waals surface area contributed by atoms with Gasteiger partial charge in [0.15, 0.2) is 0 Å². The van der Waals surface area contributed by atoms with Crippen LogP contribution in [-0.4, -0.2) is 21.2 Å². The highest BCUT2D eigenvalue weighted by Crippen LogP contribution is 2.15. The van der Waals surface area contributed by atoms with Crippen molar-refractivity contribution in [3.05, 3.63) is 12.0 Å². The summed E-state index contributed by atoms with van der Waals surface area (Å²) in [6, 6.07) is 0. The van der Waals surface area contributed by atoms with Gasteiger partial charge in [-0.15, -0.1) is 0 Å². The fraction of sp³-hybridized carbons (Fsp3) is 0.571. The molecule has 0 aromatic carbocycles. The van der Waals surface area contributed by atoms with E-state index in [9.17, 15) is 0 Å². The minimum absolute atomic E-state index is 0.0294. The molecular weight excluding hydrogens is 142 g/mol. The van der Waals surface area contributed by atoms with Crippen molar-refractivity contribution in [3.8, 4) is 0 Å². The van der Waals surface area contributed by atoms with Crippen LogP contribution < -0.4 is 5.32 Å². The van der Waals surface area contributed by atoms with Crippen molar-refractivity contribution in [1.29, 1.82) is 0 Å². The standard InChI is InChI=1S/C7H11N3O/c11-5-7-9-4-6-8-2-1-3-10(6)7/h4,8,11H,1-3,5H2. The van der Waals surface area contributed by atoms with Crippen LogP contribution in [0.15, 0.2) is 6.20 Å². The van der Waals surface area contributed by atoms with Crippen LogP contribution in [0.3, 0.4) is 0 Å². The monoisotopic (exact) mass is 153 g/mol. The van der Waals surface area contributed by atoms with Crippen LogP contribution in [-0.2, 0) is 13.2 Å². The second-order valence-electron chi connectivity index (χ2n) is 2.65. The SMILES string of the molecule is OCc1ncc2n1CCCN2. The van der Waals surface area contributed by atoms with Gasteiger partial charge in [-0.25, -0.2) is 4.98 Å². The fourth-order valence-corrected chi connectivity index (χ4v) is 1.38. The highest BCUT2D eigenvalue weighted by Gasteiger charge is 2.11. The van der Waals surface area contributed by atoms with Crippen LogP contribution >= 0.6 is 0 Å². The molecule has 0 fully saturated rings. The summed E-state index contributed by atoms with van der Waals surface area (Å²) in [5.41, 5.74) is 0. The molecule has 0 unspecified atom stereocenters. The maximum absolute atomic E-state index is 8.87. The number of rotatable bonds is 1. The lowest BCUT2D eigenvalue weighted by molar-refractivity contribution is 0.264. The minimum atomic E-state index is 0.0294. The van der Waals surface area contributed by atoms with Gasteiger partial charge in [0.1, 0.15) is 18.2 Å². The summed E-state index contributed by atoms with van der Waals surface area (Å²) in [6.45, 7) is 2.01. The van der Waals surface area contributed by atoms with Crippen LogP contribution in [0.25, 0.3) is 0 Å². The Kier molecular flexibility index (Phi) is 1.54. The molecule has 11 heavy (non-hydrogen) atoms. The smallest absolute Gasteiger partial charge is 0.136 e. The second kappa shape index (κ2) is 2.54. The summed E-state index contributed by atoms with van der Waals surface area (Å²) in [6.07, 6.45) is 2.88. The zero-order valence-electron chi connectivity index (χ0n) is 6.25. The third-order valence-electron chi connectivity index (χ3n) is 1.94. The van der Waals surface area contributed by atoms with Gasteiger partial charge in [0.25, 0.3) is 0 Å². The molecule has 60 valence electrons. The summed E-state index contributed by atoms with van der Waals surface area (Å²) in [4.78, 5) is 4.07. The summed E-state index contributed by atoms with van der Waals surface area (Å²) in [5.74, 6) is 1.78. The lowest BCUT2D eigenvalue weighted by Gasteiger charge is -2.17. The average Bonchev–Trinajstić information content (AvgIpc) is 2.47. The first kappa shape index (κ1) is 6.67. The molecule has 1 aromatic rings. The number of anilines is 1. The maximum Gasteiger partial charge on any atom is 0.136 e. The van der Waals surface area contributed by atoms with Gasteiger partial charge >= 0.3 is 0 Å². The van der Waals surface area contributed by atoms with Gasteiger partial charge in [-0.1, -0.05) is 0 Å². The van der Waals surface area contributed by atoms with E-state index in [2.05, 4.69) is 10.3 Å². The number of aromatic nitrogens is 2. The van der Waals surface area contributed by atoms with Crippen molar-refractivity contribution < 1.29 is 5.11 Å². The Morgan fingerprint density at radius 2 is 2.64 bits per heavy atom. The van der Waals surface area contributed by atoms with E-state index in [1.807, 2.05) is 4.57 Å². The summed E-state index contributed by atoms with van der Waals surface area (Å²) in [5, 5.41) is 12.1. The molecule has 0 amide bonds. The van der Waals surface area contributed by atoms with Crippen molar-refractivity contribution in [3.63, 3.8) is 0 Å². The lowest BCUT2D eigenvalue weighted by Crippen LogP contribution is -2.18. The van der Waals surface area contributed by atoms with E-state index in [1.54, 1.807) is 6.20 Å². The summed E-state index contributed by atoms with van der Waals surface area (Å²) >= 11 is 0. The van der Waals surface area contributed by atoms with E-state index in [4.69, 9.17) is 5.11 Å². The van der Waals surface area contributed by atoms with Crippen molar-refractivity contribution in [2.45, 2.75) is 19.6 Å². The summed E-state index contributed by atoms with van der Waals surface area (Å²) < 4.78 is 2.02. The van der Waals surface area contributed by atoms with Crippen LogP contribution in [0.2, 0.25) is 0 Å². The second-order valence-corrected chi connectivity index (χ2v) is 2.65. The molecule has 0 aliphatic carbocycles. The predicted octanol–water partition coefficient (Wildman–Crippen LogP) is 0.191. The van der Waals surface area contributed by atoms with Gasteiger partial charge in [0.05, 0.1) is 6.20 Å². The molecule has 2 heterocycles. The van der Waals surface area contributed by atoms with Crippen molar-refractivity contribution >= 4 is 5.82 Å². The number of nitrogens with zero attached hydrogens (tertiary/aromatic N) is 2. The number of hydrogen-bond acceptors (Lipinski definition) is 3. The van der Waals surface area contributed by atoms with Crippen LogP contribution in [0.1, 0.15) is 12.2 Å². The Labute approximate surface area is 64.9 Å². The summed E-state index contributed by atoms with van der Waals surface area (Å²) in [7, 11) is 0. The predicted molar refractivity (Wildman–Crippen MR) is 41.3 cm³/mol. The first-order valence-electron chi connectivity index (χ1n) is 3.81. The van der Waals surface area contributed by atoms with Gasteiger partial charge in [0.2, 0.25) is 0 Å². The molecule has 1 aromatic heterocycles. The van der Waals surface area contributed by atoms with Gasteiger partial charge in [-0.05, 0) is 6.42 Å². The zero-order valence-corrected chi connectivity index (χ0v) is 6.25. The molecule has 4 heteroatoms. The molecule has 0 radical (unpaired) electrons. The molecule has 2 rings (SSSR count). The number of hydrogen-bond donors (Lipinski definition) is 2. The third kappa shape index (κ3) is 0.991. The Morgan fingerprint density at radius 3 is 3.45 bits per heavy atom. The lowest BCUT2D eigenvalue weighted by atomic mass is 10.3. The molecule has 0 bridgehead atoms. The van der Waals surface area contributed by atoms with E-state index in [-0.39, 0.29) is 6.61 Å². The number of aliphatic hydroxyl groups excluding tert-OH is 1. The number of nitrogens with one attached hydrogen (secondary N) is 1. The molecular formula is C7H11N3O. The Balaban J connectivity index is 2.38. The zero-order chi connectivity index (χ0) is 7.68. The Hall–Kier alpha value is -1.03. The van der Waals surface area contributed by atoms with Crippen LogP contribution in [0.5, 0.6) is 0 Å². The van der Waals surface area contributed by atoms with E-state index >= 15 is 0 Å². The molecule has 0 atom stereocenters. The molecule has 0 spiro atoms. The number of imidazole rings is 1. The topological polar surface area (TPSA) is 50.1 Å². The Bertz CT molecular complexity index is 243. The van der Waals surface area contributed by atoms with Gasteiger partial charge in [0, 0.05) is 13.1 Å². The van der Waals surface area contributed by atoms with Gasteiger partial charge < -0.3 is 15.0 Å². The average molecular weight is 153 g/mol. The number of fused-ring (bicyclic) bond motifs is 1. The van der Waals surface area contributed by atoms with E-state index in [0.717, 1.165) is 31.2 Å². The van der Waals surface area contributed by atoms with Crippen LogP contribution in [0, 0.1) is 0 Å². The molecule has 0 saturated heterocycles. The van der Waals surface area contributed by atoms with Crippen molar-refractivity contribution in [2.75, 3.05) is 11.9 Å². The first-order chi connectivity index (χ1) is 5.42. The molecule has 1 aliphatic heterocycles. The van der Waals surface area contributed by atoms with Gasteiger partial charge in [-0.2, -0.15) is 0 Å². The minimum Gasteiger partial charge on any atom is -0.388 e. The molecule has 0 saturated carbocycles. The van der Waals surface area contributed by atoms with E-state index in [0.29, 0.717) is 0 Å².